The van der Waals surface area contributed by atoms with Gasteiger partial charge < -0.3 is 19.6 Å². The molecular weight excluding hydrogens is 454 g/mol. The number of rotatable bonds is 5. The van der Waals surface area contributed by atoms with Gasteiger partial charge in [0.1, 0.15) is 0 Å². The van der Waals surface area contributed by atoms with Crippen molar-refractivity contribution in [1.82, 2.24) is 4.98 Å². The Morgan fingerprint density at radius 2 is 1.80 bits per heavy atom. The van der Waals surface area contributed by atoms with E-state index in [1.807, 2.05) is 24.3 Å². The van der Waals surface area contributed by atoms with E-state index in [1.54, 1.807) is 20.3 Å². The predicted molar refractivity (Wildman–Crippen MR) is 104 cm³/mol. The van der Waals surface area contributed by atoms with Gasteiger partial charge >= 0.3 is 5.97 Å². The van der Waals surface area contributed by atoms with Crippen molar-refractivity contribution in [2.45, 2.75) is 6.42 Å². The summed E-state index contributed by atoms with van der Waals surface area (Å²) >= 11 is 7.00. The molecule has 7 heteroatoms. The summed E-state index contributed by atoms with van der Waals surface area (Å²) in [7, 11) is 3.14. The number of carbonyl (C=O) groups is 1. The summed E-state index contributed by atoms with van der Waals surface area (Å²) in [6.45, 7) is 0. The Morgan fingerprint density at radius 3 is 2.44 bits per heavy atom. The third-order valence-electron chi connectivity index (χ3n) is 3.94. The van der Waals surface area contributed by atoms with E-state index < -0.39 is 5.97 Å². The first-order valence-corrected chi connectivity index (χ1v) is 8.97. The van der Waals surface area contributed by atoms with Gasteiger partial charge in [-0.15, -0.1) is 0 Å². The van der Waals surface area contributed by atoms with Gasteiger partial charge in [0.05, 0.1) is 26.3 Å². The van der Waals surface area contributed by atoms with Crippen LogP contribution in [0.25, 0.3) is 22.2 Å². The van der Waals surface area contributed by atoms with Crippen LogP contribution >= 0.6 is 31.9 Å². The molecule has 3 aromatic rings. The van der Waals surface area contributed by atoms with Crippen molar-refractivity contribution in [2.24, 2.45) is 0 Å². The monoisotopic (exact) mass is 467 g/mol. The third kappa shape index (κ3) is 3.39. The minimum atomic E-state index is -0.890. The molecule has 0 aliphatic rings. The molecule has 1 aromatic heterocycles. The second kappa shape index (κ2) is 7.09. The molecule has 0 bridgehead atoms. The van der Waals surface area contributed by atoms with E-state index in [0.29, 0.717) is 11.5 Å². The normalized spacial score (nSPS) is 10.9. The number of halogens is 2. The molecule has 2 aromatic carbocycles. The molecule has 3 rings (SSSR count). The largest absolute Gasteiger partial charge is 0.493 e. The molecule has 5 nitrogen and oxygen atoms in total. The van der Waals surface area contributed by atoms with Crippen LogP contribution in [-0.2, 0) is 11.2 Å². The lowest BCUT2D eigenvalue weighted by molar-refractivity contribution is -0.136. The first kappa shape index (κ1) is 17.8. The quantitative estimate of drug-likeness (QED) is 0.552. The minimum absolute atomic E-state index is 0.0907. The Kier molecular flexibility index (Phi) is 5.06. The Hall–Kier alpha value is -1.99. The number of hydrogen-bond donors (Lipinski definition) is 2. The number of methoxy groups -OCH3 is 2. The summed E-state index contributed by atoms with van der Waals surface area (Å²) in [4.78, 5) is 14.7. The van der Waals surface area contributed by atoms with Gasteiger partial charge in [-0.3, -0.25) is 4.79 Å². The fourth-order valence-electron chi connectivity index (χ4n) is 2.83. The molecule has 0 spiro atoms. The van der Waals surface area contributed by atoms with Crippen LogP contribution in [0.3, 0.4) is 0 Å². The van der Waals surface area contributed by atoms with Crippen molar-refractivity contribution in [1.29, 1.82) is 0 Å². The van der Waals surface area contributed by atoms with Gasteiger partial charge in [0.25, 0.3) is 0 Å². The van der Waals surface area contributed by atoms with Crippen molar-refractivity contribution in [2.75, 3.05) is 14.2 Å². The molecule has 0 aliphatic carbocycles. The summed E-state index contributed by atoms with van der Waals surface area (Å²) < 4.78 is 12.4. The number of ether oxygens (including phenoxy) is 2. The Bertz CT molecular complexity index is 965. The van der Waals surface area contributed by atoms with Crippen LogP contribution in [0.5, 0.6) is 11.5 Å². The van der Waals surface area contributed by atoms with Gasteiger partial charge in [-0.05, 0) is 51.8 Å². The van der Waals surface area contributed by atoms with Gasteiger partial charge in [-0.2, -0.15) is 0 Å². The van der Waals surface area contributed by atoms with Crippen LogP contribution in [0.4, 0.5) is 0 Å². The number of carboxylic acid groups (broad SMARTS) is 1. The summed E-state index contributed by atoms with van der Waals surface area (Å²) in [5.41, 5.74) is 3.14. The number of aromatic nitrogens is 1. The summed E-state index contributed by atoms with van der Waals surface area (Å²) in [5, 5.41) is 10.2. The summed E-state index contributed by atoms with van der Waals surface area (Å²) in [6.07, 6.45) is -0.0907. The standard InChI is InChI=1S/C18H15Br2NO4/c1-24-15-6-12(13(20)8-16(15)25-2)18-11(7-17(22)23)10-5-9(19)3-4-14(10)21-18/h3-6,8,21H,7H2,1-2H3,(H,22,23). The van der Waals surface area contributed by atoms with Gasteiger partial charge in [-0.1, -0.05) is 15.9 Å². The minimum Gasteiger partial charge on any atom is -0.493 e. The zero-order valence-corrected chi connectivity index (χ0v) is 16.7. The lowest BCUT2D eigenvalue weighted by Crippen LogP contribution is -2.01. The molecule has 0 saturated carbocycles. The second-order valence-corrected chi connectivity index (χ2v) is 7.20. The van der Waals surface area contributed by atoms with E-state index in [1.165, 1.54) is 0 Å². The van der Waals surface area contributed by atoms with Gasteiger partial charge in [0.15, 0.2) is 11.5 Å². The number of hydrogen-bond acceptors (Lipinski definition) is 3. The highest BCUT2D eigenvalue weighted by atomic mass is 79.9. The SMILES string of the molecule is COc1cc(Br)c(-c2[nH]c3ccc(Br)cc3c2CC(=O)O)cc1OC. The van der Waals surface area contributed by atoms with Crippen LogP contribution in [0.2, 0.25) is 0 Å². The number of fused-ring (bicyclic) bond motifs is 1. The van der Waals surface area contributed by atoms with Crippen molar-refractivity contribution < 1.29 is 19.4 Å². The van der Waals surface area contributed by atoms with Crippen LogP contribution in [0.1, 0.15) is 5.56 Å². The Balaban J connectivity index is 2.29. The second-order valence-electron chi connectivity index (χ2n) is 5.43. The molecule has 1 heterocycles. The van der Waals surface area contributed by atoms with E-state index in [0.717, 1.165) is 36.7 Å². The molecule has 25 heavy (non-hydrogen) atoms. The van der Waals surface area contributed by atoms with Crippen LogP contribution < -0.4 is 9.47 Å². The molecule has 2 N–H and O–H groups in total. The number of carboxylic acids is 1. The lowest BCUT2D eigenvalue weighted by atomic mass is 10.0. The number of benzene rings is 2. The molecular formula is C18H15Br2NO4. The topological polar surface area (TPSA) is 71.6 Å². The van der Waals surface area contributed by atoms with Crippen LogP contribution in [-0.4, -0.2) is 30.3 Å². The van der Waals surface area contributed by atoms with Crippen molar-refractivity contribution in [3.05, 3.63) is 44.8 Å². The first-order chi connectivity index (χ1) is 11.9. The third-order valence-corrected chi connectivity index (χ3v) is 5.09. The maximum Gasteiger partial charge on any atom is 0.307 e. The number of nitrogens with one attached hydrogen (secondary N) is 1. The zero-order chi connectivity index (χ0) is 18.1. The summed E-state index contributed by atoms with van der Waals surface area (Å²) in [5.74, 6) is 0.275. The van der Waals surface area contributed by atoms with E-state index in [2.05, 4.69) is 36.8 Å². The molecule has 0 aliphatic heterocycles. The van der Waals surface area contributed by atoms with Gasteiger partial charge in [0.2, 0.25) is 0 Å². The van der Waals surface area contributed by atoms with E-state index in [9.17, 15) is 9.90 Å². The Morgan fingerprint density at radius 1 is 1.12 bits per heavy atom. The number of aromatic amines is 1. The highest BCUT2D eigenvalue weighted by Gasteiger charge is 2.20. The van der Waals surface area contributed by atoms with Crippen molar-refractivity contribution >= 4 is 48.7 Å². The maximum absolute atomic E-state index is 11.4. The molecule has 0 atom stereocenters. The van der Waals surface area contributed by atoms with Crippen molar-refractivity contribution in [3.63, 3.8) is 0 Å². The highest BCUT2D eigenvalue weighted by Crippen LogP contribution is 2.41. The average molecular weight is 469 g/mol. The smallest absolute Gasteiger partial charge is 0.307 e. The molecule has 0 saturated heterocycles. The molecule has 130 valence electrons. The summed E-state index contributed by atoms with van der Waals surface area (Å²) in [6, 6.07) is 9.39. The van der Waals surface area contributed by atoms with E-state index >= 15 is 0 Å². The molecule has 0 unspecified atom stereocenters. The predicted octanol–water partition coefficient (Wildman–Crippen LogP) is 5.00. The van der Waals surface area contributed by atoms with Crippen molar-refractivity contribution in [3.8, 4) is 22.8 Å². The van der Waals surface area contributed by atoms with E-state index in [4.69, 9.17) is 9.47 Å². The molecule has 0 fully saturated rings. The first-order valence-electron chi connectivity index (χ1n) is 7.38. The average Bonchev–Trinajstić information content (AvgIpc) is 2.91. The van der Waals surface area contributed by atoms with Crippen LogP contribution in [0, 0.1) is 0 Å². The fourth-order valence-corrected chi connectivity index (χ4v) is 3.71. The fraction of sp³-hybridized carbons (Fsp3) is 0.167. The lowest BCUT2D eigenvalue weighted by Gasteiger charge is -2.12. The Labute approximate surface area is 161 Å². The van der Waals surface area contributed by atoms with Gasteiger partial charge in [0, 0.05) is 25.4 Å². The highest BCUT2D eigenvalue weighted by molar-refractivity contribution is 9.10. The van der Waals surface area contributed by atoms with E-state index in [-0.39, 0.29) is 6.42 Å². The molecule has 0 amide bonds. The molecule has 0 radical (unpaired) electrons. The maximum atomic E-state index is 11.4. The number of H-pyrrole nitrogens is 1. The zero-order valence-electron chi connectivity index (χ0n) is 13.5. The van der Waals surface area contributed by atoms with Crippen LogP contribution in [0.15, 0.2) is 39.3 Å². The number of aliphatic carboxylic acids is 1. The van der Waals surface area contributed by atoms with Gasteiger partial charge in [-0.25, -0.2) is 0 Å².